The zero-order valence-electron chi connectivity index (χ0n) is 8.05. The maximum atomic E-state index is 13.3. The van der Waals surface area contributed by atoms with E-state index in [9.17, 15) is 8.78 Å². The molecule has 1 aromatic heterocycles. The fourth-order valence-corrected chi connectivity index (χ4v) is 1.42. The molecule has 16 heavy (non-hydrogen) atoms. The van der Waals surface area contributed by atoms with Crippen LogP contribution in [0.25, 0.3) is 0 Å². The number of hydrogen-bond donors (Lipinski definition) is 1. The van der Waals surface area contributed by atoms with Crippen LogP contribution in [0.1, 0.15) is 0 Å². The number of anilines is 2. The van der Waals surface area contributed by atoms with Crippen molar-refractivity contribution in [1.82, 2.24) is 4.98 Å². The summed E-state index contributed by atoms with van der Waals surface area (Å²) in [5.74, 6) is -1.35. The quantitative estimate of drug-likeness (QED) is 0.906. The number of pyridine rings is 1. The highest BCUT2D eigenvalue weighted by molar-refractivity contribution is 9.10. The summed E-state index contributed by atoms with van der Waals surface area (Å²) in [7, 11) is 0. The van der Waals surface area contributed by atoms with E-state index in [4.69, 9.17) is 0 Å². The van der Waals surface area contributed by atoms with Crippen molar-refractivity contribution in [3.63, 3.8) is 0 Å². The van der Waals surface area contributed by atoms with Gasteiger partial charge in [0.05, 0.1) is 5.69 Å². The van der Waals surface area contributed by atoms with Gasteiger partial charge in [-0.25, -0.2) is 13.8 Å². The maximum absolute atomic E-state index is 13.3. The molecule has 0 spiro atoms. The van der Waals surface area contributed by atoms with Gasteiger partial charge < -0.3 is 5.32 Å². The van der Waals surface area contributed by atoms with Crippen LogP contribution < -0.4 is 5.32 Å². The lowest BCUT2D eigenvalue weighted by atomic mass is 10.3. The minimum absolute atomic E-state index is 0.0647. The van der Waals surface area contributed by atoms with Crippen LogP contribution in [0.15, 0.2) is 41.0 Å². The van der Waals surface area contributed by atoms with Gasteiger partial charge >= 0.3 is 0 Å². The Hall–Kier alpha value is -1.49. The Bertz CT molecular complexity index is 500. The fraction of sp³-hybridized carbons (Fsp3) is 0. The van der Waals surface area contributed by atoms with E-state index in [2.05, 4.69) is 26.2 Å². The molecular formula is C11H7BrF2N2. The first-order valence-corrected chi connectivity index (χ1v) is 5.29. The van der Waals surface area contributed by atoms with Gasteiger partial charge in [-0.1, -0.05) is 6.07 Å². The molecule has 1 heterocycles. The van der Waals surface area contributed by atoms with E-state index in [1.807, 2.05) is 0 Å². The number of hydrogen-bond acceptors (Lipinski definition) is 2. The second kappa shape index (κ2) is 4.57. The van der Waals surface area contributed by atoms with Crippen molar-refractivity contribution in [3.8, 4) is 0 Å². The third-order valence-electron chi connectivity index (χ3n) is 1.94. The second-order valence-electron chi connectivity index (χ2n) is 3.09. The van der Waals surface area contributed by atoms with Crippen LogP contribution in [0.5, 0.6) is 0 Å². The van der Waals surface area contributed by atoms with Crippen molar-refractivity contribution in [3.05, 3.63) is 52.6 Å². The Morgan fingerprint density at radius 3 is 2.62 bits per heavy atom. The van der Waals surface area contributed by atoms with E-state index >= 15 is 0 Å². The van der Waals surface area contributed by atoms with Gasteiger partial charge in [-0.3, -0.25) is 0 Å². The van der Waals surface area contributed by atoms with E-state index in [0.29, 0.717) is 5.82 Å². The molecule has 0 aliphatic carbocycles. The molecule has 0 amide bonds. The molecule has 0 aliphatic rings. The number of halogens is 3. The number of nitrogens with zero attached hydrogens (tertiary/aromatic N) is 1. The monoisotopic (exact) mass is 284 g/mol. The normalized spacial score (nSPS) is 10.2. The summed E-state index contributed by atoms with van der Waals surface area (Å²) in [6.45, 7) is 0. The minimum atomic E-state index is -0.910. The molecule has 0 unspecified atom stereocenters. The van der Waals surface area contributed by atoms with Crippen molar-refractivity contribution in [2.45, 2.75) is 0 Å². The highest BCUT2D eigenvalue weighted by Gasteiger charge is 2.07. The number of nitrogens with one attached hydrogen (secondary N) is 1. The van der Waals surface area contributed by atoms with Crippen molar-refractivity contribution in [2.24, 2.45) is 0 Å². The van der Waals surface area contributed by atoms with Crippen LogP contribution in [0, 0.1) is 11.6 Å². The molecule has 5 heteroatoms. The number of aromatic nitrogens is 1. The van der Waals surface area contributed by atoms with Gasteiger partial charge in [-0.05, 0) is 40.2 Å². The fourth-order valence-electron chi connectivity index (χ4n) is 1.19. The summed E-state index contributed by atoms with van der Waals surface area (Å²) in [5.41, 5.74) is 0.0647. The smallest absolute Gasteiger partial charge is 0.182 e. The molecule has 82 valence electrons. The lowest BCUT2D eigenvalue weighted by molar-refractivity contribution is 0.511. The van der Waals surface area contributed by atoms with E-state index in [1.54, 1.807) is 18.3 Å². The van der Waals surface area contributed by atoms with E-state index in [0.717, 1.165) is 10.5 Å². The van der Waals surface area contributed by atoms with Crippen molar-refractivity contribution in [2.75, 3.05) is 5.32 Å². The molecule has 0 bridgehead atoms. The first kappa shape index (κ1) is 11.0. The van der Waals surface area contributed by atoms with Gasteiger partial charge in [0.25, 0.3) is 0 Å². The number of benzene rings is 1. The highest BCUT2D eigenvalue weighted by Crippen LogP contribution is 2.21. The molecule has 1 N–H and O–H groups in total. The van der Waals surface area contributed by atoms with E-state index < -0.39 is 11.6 Å². The summed E-state index contributed by atoms with van der Waals surface area (Å²) in [5, 5.41) is 2.69. The molecular weight excluding hydrogens is 278 g/mol. The van der Waals surface area contributed by atoms with Crippen molar-refractivity contribution in [1.29, 1.82) is 0 Å². The molecule has 1 aromatic carbocycles. The molecule has 2 rings (SSSR count). The predicted octanol–water partition coefficient (Wildman–Crippen LogP) is 3.87. The van der Waals surface area contributed by atoms with Crippen molar-refractivity contribution >= 4 is 27.4 Å². The Morgan fingerprint density at radius 1 is 1.12 bits per heavy atom. The van der Waals surface area contributed by atoms with E-state index in [1.165, 1.54) is 12.1 Å². The Kier molecular flexibility index (Phi) is 3.14. The Labute approximate surface area is 99.5 Å². The zero-order chi connectivity index (χ0) is 11.5. The average Bonchev–Trinajstić information content (AvgIpc) is 2.28. The average molecular weight is 285 g/mol. The summed E-state index contributed by atoms with van der Waals surface area (Å²) in [6.07, 6.45) is 1.57. The van der Waals surface area contributed by atoms with Gasteiger partial charge in [0.2, 0.25) is 0 Å². The molecule has 0 fully saturated rings. The maximum Gasteiger partial charge on any atom is 0.182 e. The van der Waals surface area contributed by atoms with Crippen LogP contribution in [0.4, 0.5) is 20.3 Å². The SMILES string of the molecule is Fc1cccc(Nc2ccc(Br)cn2)c1F. The number of rotatable bonds is 2. The van der Waals surface area contributed by atoms with Crippen LogP contribution in [-0.2, 0) is 0 Å². The van der Waals surface area contributed by atoms with Crippen LogP contribution in [0.3, 0.4) is 0 Å². The Balaban J connectivity index is 2.27. The first-order valence-electron chi connectivity index (χ1n) is 4.49. The summed E-state index contributed by atoms with van der Waals surface area (Å²) < 4.78 is 27.0. The standard InChI is InChI=1S/C11H7BrF2N2/c12-7-4-5-10(15-6-7)16-9-3-1-2-8(13)11(9)14/h1-6H,(H,15,16). The molecule has 0 atom stereocenters. The highest BCUT2D eigenvalue weighted by atomic mass is 79.9. The minimum Gasteiger partial charge on any atom is -0.338 e. The first-order chi connectivity index (χ1) is 7.66. The van der Waals surface area contributed by atoms with Crippen LogP contribution in [0.2, 0.25) is 0 Å². The van der Waals surface area contributed by atoms with Gasteiger partial charge in [0.1, 0.15) is 5.82 Å². The van der Waals surface area contributed by atoms with Gasteiger partial charge in [0.15, 0.2) is 11.6 Å². The second-order valence-corrected chi connectivity index (χ2v) is 4.00. The molecule has 0 radical (unpaired) electrons. The van der Waals surface area contributed by atoms with Crippen LogP contribution >= 0.6 is 15.9 Å². The van der Waals surface area contributed by atoms with Gasteiger partial charge in [-0.15, -0.1) is 0 Å². The molecule has 0 aliphatic heterocycles. The molecule has 0 saturated carbocycles. The zero-order valence-corrected chi connectivity index (χ0v) is 9.63. The lowest BCUT2D eigenvalue weighted by Gasteiger charge is -2.06. The van der Waals surface area contributed by atoms with Crippen molar-refractivity contribution < 1.29 is 8.78 Å². The molecule has 0 saturated heterocycles. The van der Waals surface area contributed by atoms with Crippen LogP contribution in [-0.4, -0.2) is 4.98 Å². The lowest BCUT2D eigenvalue weighted by Crippen LogP contribution is -1.97. The molecule has 2 aromatic rings. The predicted molar refractivity (Wildman–Crippen MR) is 61.6 cm³/mol. The summed E-state index contributed by atoms with van der Waals surface area (Å²) >= 11 is 3.23. The van der Waals surface area contributed by atoms with E-state index in [-0.39, 0.29) is 5.69 Å². The Morgan fingerprint density at radius 2 is 1.94 bits per heavy atom. The third kappa shape index (κ3) is 2.36. The molecule has 2 nitrogen and oxygen atoms in total. The van der Waals surface area contributed by atoms with Gasteiger partial charge in [0, 0.05) is 10.7 Å². The summed E-state index contributed by atoms with van der Waals surface area (Å²) in [6, 6.07) is 7.36. The van der Waals surface area contributed by atoms with Gasteiger partial charge in [-0.2, -0.15) is 0 Å². The summed E-state index contributed by atoms with van der Waals surface area (Å²) in [4.78, 5) is 4.00. The third-order valence-corrected chi connectivity index (χ3v) is 2.41. The topological polar surface area (TPSA) is 24.9 Å². The largest absolute Gasteiger partial charge is 0.338 e.